The molecule has 82 valence electrons. The summed E-state index contributed by atoms with van der Waals surface area (Å²) in [4.78, 5) is 0.346. The molecule has 6 heteroatoms. The topological polar surface area (TPSA) is 20.2 Å². The minimum Gasteiger partial charge on any atom is -0.387 e. The summed E-state index contributed by atoms with van der Waals surface area (Å²) in [5.41, 5.74) is -0.359. The van der Waals surface area contributed by atoms with Crippen LogP contribution in [-0.2, 0) is 6.18 Å². The minimum absolute atomic E-state index is 0.304. The largest absolute Gasteiger partial charge is 0.417 e. The molecule has 1 aromatic carbocycles. The summed E-state index contributed by atoms with van der Waals surface area (Å²) in [6.45, 7) is 0. The highest BCUT2D eigenvalue weighted by Gasteiger charge is 2.36. The van der Waals surface area contributed by atoms with E-state index in [-0.39, 0.29) is 5.02 Å². The van der Waals surface area contributed by atoms with E-state index in [2.05, 4.69) is 0 Å². The Bertz CT molecular complexity index is 405. The summed E-state index contributed by atoms with van der Waals surface area (Å²) in [5.74, 6) is 0.358. The lowest BCUT2D eigenvalue weighted by molar-refractivity contribution is -0.137. The maximum Gasteiger partial charge on any atom is 0.417 e. The van der Waals surface area contributed by atoms with Gasteiger partial charge in [-0.2, -0.15) is 13.2 Å². The van der Waals surface area contributed by atoms with Crippen molar-refractivity contribution in [2.24, 2.45) is 0 Å². The summed E-state index contributed by atoms with van der Waals surface area (Å²) < 4.78 is 37.4. The maximum absolute atomic E-state index is 12.5. The number of halogens is 4. The van der Waals surface area contributed by atoms with Crippen LogP contribution >= 0.6 is 23.4 Å². The fourth-order valence-electron chi connectivity index (χ4n) is 1.45. The van der Waals surface area contributed by atoms with Gasteiger partial charge >= 0.3 is 6.18 Å². The van der Waals surface area contributed by atoms with Crippen molar-refractivity contribution in [3.8, 4) is 0 Å². The summed E-state index contributed by atoms with van der Waals surface area (Å²) in [6.07, 6.45) is -5.16. The Kier molecular flexibility index (Phi) is 2.65. The molecule has 1 N–H and O–H groups in total. The Morgan fingerprint density at radius 1 is 1.40 bits per heavy atom. The number of thioether (sulfide) groups is 1. The van der Waals surface area contributed by atoms with Crippen molar-refractivity contribution >= 4 is 23.4 Å². The van der Waals surface area contributed by atoms with Gasteiger partial charge in [-0.1, -0.05) is 17.7 Å². The molecule has 0 aliphatic carbocycles. The van der Waals surface area contributed by atoms with E-state index in [0.29, 0.717) is 16.2 Å². The summed E-state index contributed by atoms with van der Waals surface area (Å²) in [7, 11) is 0. The van der Waals surface area contributed by atoms with Gasteiger partial charge in [-0.15, -0.1) is 11.8 Å². The van der Waals surface area contributed by atoms with E-state index >= 15 is 0 Å². The Morgan fingerprint density at radius 2 is 2.07 bits per heavy atom. The fraction of sp³-hybridized carbons (Fsp3) is 0.333. The number of aliphatic hydroxyl groups is 1. The normalized spacial score (nSPS) is 20.5. The quantitative estimate of drug-likeness (QED) is 0.765. The Labute approximate surface area is 93.2 Å². The van der Waals surface area contributed by atoms with Crippen LogP contribution in [0.15, 0.2) is 17.0 Å². The molecule has 1 aliphatic heterocycles. The van der Waals surface area contributed by atoms with E-state index in [4.69, 9.17) is 11.6 Å². The van der Waals surface area contributed by atoms with Crippen LogP contribution in [0.3, 0.4) is 0 Å². The fourth-order valence-corrected chi connectivity index (χ4v) is 3.01. The third-order valence-electron chi connectivity index (χ3n) is 2.18. The van der Waals surface area contributed by atoms with Crippen LogP contribution in [0.2, 0.25) is 5.02 Å². The second kappa shape index (κ2) is 3.57. The van der Waals surface area contributed by atoms with Crippen LogP contribution in [-0.4, -0.2) is 10.9 Å². The number of hydrogen-bond acceptors (Lipinski definition) is 2. The predicted octanol–water partition coefficient (Wildman–Crippen LogP) is 3.50. The van der Waals surface area contributed by atoms with Gasteiger partial charge in [0.05, 0.1) is 16.7 Å². The Morgan fingerprint density at radius 3 is 2.67 bits per heavy atom. The van der Waals surface area contributed by atoms with Crippen molar-refractivity contribution in [2.75, 3.05) is 5.75 Å². The van der Waals surface area contributed by atoms with Crippen molar-refractivity contribution in [1.29, 1.82) is 0 Å². The van der Waals surface area contributed by atoms with Gasteiger partial charge in [0.2, 0.25) is 0 Å². The Hall–Kier alpha value is -0.390. The monoisotopic (exact) mass is 254 g/mol. The lowest BCUT2D eigenvalue weighted by Gasteiger charge is -2.12. The molecule has 1 aliphatic rings. The van der Waals surface area contributed by atoms with Crippen LogP contribution < -0.4 is 0 Å². The highest BCUT2D eigenvalue weighted by molar-refractivity contribution is 7.99. The lowest BCUT2D eigenvalue weighted by Crippen LogP contribution is -2.07. The molecular weight excluding hydrogens is 249 g/mol. The first-order valence-electron chi connectivity index (χ1n) is 4.11. The zero-order valence-electron chi connectivity index (χ0n) is 7.31. The first kappa shape index (κ1) is 11.1. The Balaban J connectivity index is 2.56. The third kappa shape index (κ3) is 1.84. The molecule has 0 aromatic heterocycles. The molecule has 2 rings (SSSR count). The van der Waals surface area contributed by atoms with Crippen molar-refractivity contribution < 1.29 is 18.3 Å². The standard InChI is InChI=1S/C9H6ClF3OS/c10-7-5(9(11,12)13)2-1-4-6(14)3-15-8(4)7/h1-2,6,14H,3H2. The maximum atomic E-state index is 12.5. The molecule has 0 bridgehead atoms. The highest BCUT2D eigenvalue weighted by Crippen LogP contribution is 2.47. The number of fused-ring (bicyclic) bond motifs is 1. The van der Waals surface area contributed by atoms with Gasteiger partial charge in [-0.05, 0) is 11.6 Å². The van der Waals surface area contributed by atoms with Crippen molar-refractivity contribution in [3.05, 3.63) is 28.3 Å². The molecule has 0 saturated carbocycles. The zero-order chi connectivity index (χ0) is 11.2. The van der Waals surface area contributed by atoms with Gasteiger partial charge in [-0.3, -0.25) is 0 Å². The zero-order valence-corrected chi connectivity index (χ0v) is 8.88. The van der Waals surface area contributed by atoms with E-state index in [1.165, 1.54) is 6.07 Å². The average Bonchev–Trinajstić information content (AvgIpc) is 2.47. The van der Waals surface area contributed by atoms with E-state index in [1.807, 2.05) is 0 Å². The van der Waals surface area contributed by atoms with Gasteiger partial charge in [0, 0.05) is 10.6 Å². The molecule has 15 heavy (non-hydrogen) atoms. The van der Waals surface area contributed by atoms with Crippen LogP contribution in [0.5, 0.6) is 0 Å². The predicted molar refractivity (Wildman–Crippen MR) is 52.1 cm³/mol. The summed E-state index contributed by atoms with van der Waals surface area (Å²) in [6, 6.07) is 2.20. The minimum atomic E-state index is -4.44. The van der Waals surface area contributed by atoms with E-state index in [9.17, 15) is 18.3 Å². The van der Waals surface area contributed by atoms with Crippen LogP contribution in [0.4, 0.5) is 13.2 Å². The first-order chi connectivity index (χ1) is 6.91. The number of hydrogen-bond donors (Lipinski definition) is 1. The first-order valence-corrected chi connectivity index (χ1v) is 5.48. The van der Waals surface area contributed by atoms with E-state index in [1.54, 1.807) is 0 Å². The van der Waals surface area contributed by atoms with Crippen LogP contribution in [0.1, 0.15) is 17.2 Å². The molecule has 0 saturated heterocycles. The second-order valence-electron chi connectivity index (χ2n) is 3.17. The SMILES string of the molecule is OC1CSc2c1ccc(C(F)(F)F)c2Cl. The van der Waals surface area contributed by atoms with Gasteiger partial charge in [0.15, 0.2) is 0 Å². The number of rotatable bonds is 0. The summed E-state index contributed by atoms with van der Waals surface area (Å²) in [5, 5.41) is 9.13. The van der Waals surface area contributed by atoms with Gasteiger partial charge in [0.25, 0.3) is 0 Å². The molecule has 1 nitrogen and oxygen atoms in total. The molecule has 0 amide bonds. The smallest absolute Gasteiger partial charge is 0.387 e. The number of aliphatic hydroxyl groups excluding tert-OH is 1. The number of benzene rings is 1. The van der Waals surface area contributed by atoms with Crippen molar-refractivity contribution in [3.63, 3.8) is 0 Å². The van der Waals surface area contributed by atoms with Crippen LogP contribution in [0.25, 0.3) is 0 Å². The van der Waals surface area contributed by atoms with Crippen molar-refractivity contribution in [1.82, 2.24) is 0 Å². The van der Waals surface area contributed by atoms with Gasteiger partial charge in [0.1, 0.15) is 0 Å². The highest BCUT2D eigenvalue weighted by atomic mass is 35.5. The second-order valence-corrected chi connectivity index (χ2v) is 4.58. The molecule has 1 aromatic rings. The molecule has 1 atom stereocenters. The molecule has 0 fully saturated rings. The van der Waals surface area contributed by atoms with E-state index < -0.39 is 17.8 Å². The molecule has 0 radical (unpaired) electrons. The molecule has 1 heterocycles. The van der Waals surface area contributed by atoms with Crippen molar-refractivity contribution in [2.45, 2.75) is 17.2 Å². The van der Waals surface area contributed by atoms with Crippen LogP contribution in [0, 0.1) is 0 Å². The number of alkyl halides is 3. The molecule has 0 spiro atoms. The lowest BCUT2D eigenvalue weighted by atomic mass is 10.1. The van der Waals surface area contributed by atoms with Gasteiger partial charge < -0.3 is 5.11 Å². The molecular formula is C9H6ClF3OS. The van der Waals surface area contributed by atoms with Gasteiger partial charge in [-0.25, -0.2) is 0 Å². The average molecular weight is 255 g/mol. The van der Waals surface area contributed by atoms with E-state index in [0.717, 1.165) is 17.8 Å². The third-order valence-corrected chi connectivity index (χ3v) is 3.89. The molecule has 1 unspecified atom stereocenters. The summed E-state index contributed by atoms with van der Waals surface area (Å²) >= 11 is 6.80.